The second kappa shape index (κ2) is 5.52. The van der Waals surface area contributed by atoms with Crippen molar-refractivity contribution in [3.05, 3.63) is 28.4 Å². The van der Waals surface area contributed by atoms with Gasteiger partial charge >= 0.3 is 0 Å². The molecule has 0 saturated heterocycles. The van der Waals surface area contributed by atoms with Crippen molar-refractivity contribution >= 4 is 11.5 Å². The highest BCUT2D eigenvalue weighted by Gasteiger charge is 2.33. The summed E-state index contributed by atoms with van der Waals surface area (Å²) >= 11 is 0. The molecule has 0 amide bonds. The first-order valence-electron chi connectivity index (χ1n) is 6.54. The zero-order valence-corrected chi connectivity index (χ0v) is 11.0. The average Bonchev–Trinajstić information content (AvgIpc) is 2.42. The van der Waals surface area contributed by atoms with Crippen molar-refractivity contribution in [1.82, 2.24) is 4.98 Å². The monoisotopic (exact) mass is 265 g/mol. The highest BCUT2D eigenvalue weighted by atomic mass is 16.6. The van der Waals surface area contributed by atoms with Gasteiger partial charge in [0.05, 0.1) is 17.1 Å². The van der Waals surface area contributed by atoms with Crippen LogP contribution in [-0.2, 0) is 0 Å². The number of anilines is 1. The number of hydrogen-bond donors (Lipinski definition) is 2. The molecule has 1 aliphatic carbocycles. The molecule has 0 spiro atoms. The molecule has 19 heavy (non-hydrogen) atoms. The lowest BCUT2D eigenvalue weighted by Gasteiger charge is -2.39. The van der Waals surface area contributed by atoms with E-state index in [-0.39, 0.29) is 17.8 Å². The van der Waals surface area contributed by atoms with Crippen molar-refractivity contribution in [3.8, 4) is 0 Å². The Kier molecular flexibility index (Phi) is 3.99. The summed E-state index contributed by atoms with van der Waals surface area (Å²) in [5.41, 5.74) is -0.365. The fourth-order valence-corrected chi connectivity index (χ4v) is 2.48. The van der Waals surface area contributed by atoms with Crippen LogP contribution in [0.15, 0.2) is 18.3 Å². The van der Waals surface area contributed by atoms with Gasteiger partial charge in [0.2, 0.25) is 0 Å². The van der Waals surface area contributed by atoms with Gasteiger partial charge in [-0.05, 0) is 37.7 Å². The van der Waals surface area contributed by atoms with Gasteiger partial charge in [0.25, 0.3) is 5.69 Å². The van der Waals surface area contributed by atoms with E-state index >= 15 is 0 Å². The molecule has 0 aliphatic heterocycles. The topological polar surface area (TPSA) is 88.3 Å². The number of nitrogens with one attached hydrogen (secondary N) is 1. The van der Waals surface area contributed by atoms with E-state index in [1.54, 1.807) is 6.07 Å². The third kappa shape index (κ3) is 3.20. The molecule has 6 heteroatoms. The zero-order valence-electron chi connectivity index (χ0n) is 11.0. The fraction of sp³-hybridized carbons (Fsp3) is 0.615. The number of hydrogen-bond acceptors (Lipinski definition) is 5. The SMILES string of the molecule is CC1CCC(CO)(Nc2ccc([N+](=O)[O-])cn2)CC1. The predicted molar refractivity (Wildman–Crippen MR) is 72.0 cm³/mol. The smallest absolute Gasteiger partial charge is 0.287 e. The predicted octanol–water partition coefficient (Wildman–Crippen LogP) is 2.34. The maximum atomic E-state index is 10.6. The number of rotatable bonds is 4. The summed E-state index contributed by atoms with van der Waals surface area (Å²) in [4.78, 5) is 14.1. The molecule has 0 unspecified atom stereocenters. The van der Waals surface area contributed by atoms with E-state index in [1.165, 1.54) is 12.3 Å². The Balaban J connectivity index is 2.08. The molecule has 1 fully saturated rings. The molecular formula is C13H19N3O3. The van der Waals surface area contributed by atoms with Gasteiger partial charge in [0, 0.05) is 6.07 Å². The number of aromatic nitrogens is 1. The fourth-order valence-electron chi connectivity index (χ4n) is 2.48. The highest BCUT2D eigenvalue weighted by Crippen LogP contribution is 2.34. The van der Waals surface area contributed by atoms with Crippen LogP contribution in [0.2, 0.25) is 0 Å². The van der Waals surface area contributed by atoms with E-state index < -0.39 is 4.92 Å². The van der Waals surface area contributed by atoms with Gasteiger partial charge in [0.1, 0.15) is 12.0 Å². The molecule has 1 heterocycles. The minimum Gasteiger partial charge on any atom is -0.394 e. The van der Waals surface area contributed by atoms with Gasteiger partial charge in [0.15, 0.2) is 0 Å². The first kappa shape index (κ1) is 13.7. The molecule has 0 bridgehead atoms. The van der Waals surface area contributed by atoms with Gasteiger partial charge in [-0.15, -0.1) is 0 Å². The lowest BCUT2D eigenvalue weighted by molar-refractivity contribution is -0.385. The Bertz CT molecular complexity index is 439. The molecule has 104 valence electrons. The molecule has 1 aromatic rings. The zero-order chi connectivity index (χ0) is 13.9. The molecule has 1 saturated carbocycles. The van der Waals surface area contributed by atoms with E-state index in [1.807, 2.05) is 0 Å². The first-order valence-corrected chi connectivity index (χ1v) is 6.54. The van der Waals surface area contributed by atoms with Crippen LogP contribution in [0.5, 0.6) is 0 Å². The minimum absolute atomic E-state index is 0.0270. The molecule has 6 nitrogen and oxygen atoms in total. The molecule has 2 rings (SSSR count). The summed E-state index contributed by atoms with van der Waals surface area (Å²) < 4.78 is 0. The summed E-state index contributed by atoms with van der Waals surface area (Å²) in [6.45, 7) is 2.27. The summed E-state index contributed by atoms with van der Waals surface area (Å²) in [5.74, 6) is 1.26. The van der Waals surface area contributed by atoms with Crippen molar-refractivity contribution in [3.63, 3.8) is 0 Å². The van der Waals surface area contributed by atoms with E-state index in [9.17, 15) is 15.2 Å². The molecule has 2 N–H and O–H groups in total. The van der Waals surface area contributed by atoms with Crippen molar-refractivity contribution in [1.29, 1.82) is 0 Å². The van der Waals surface area contributed by atoms with E-state index in [0.717, 1.165) is 25.7 Å². The van der Waals surface area contributed by atoms with Crippen LogP contribution in [0, 0.1) is 16.0 Å². The largest absolute Gasteiger partial charge is 0.394 e. The summed E-state index contributed by atoms with van der Waals surface area (Å²) in [6, 6.07) is 3.01. The second-order valence-corrected chi connectivity index (χ2v) is 5.40. The van der Waals surface area contributed by atoms with Crippen LogP contribution in [0.1, 0.15) is 32.6 Å². The van der Waals surface area contributed by atoms with Crippen molar-refractivity contribution < 1.29 is 10.0 Å². The van der Waals surface area contributed by atoms with Gasteiger partial charge in [-0.25, -0.2) is 4.98 Å². The molecular weight excluding hydrogens is 246 g/mol. The quantitative estimate of drug-likeness (QED) is 0.644. The van der Waals surface area contributed by atoms with E-state index in [0.29, 0.717) is 11.7 Å². The van der Waals surface area contributed by atoms with Crippen LogP contribution < -0.4 is 5.32 Å². The van der Waals surface area contributed by atoms with Crippen LogP contribution in [0.4, 0.5) is 11.5 Å². The standard InChI is InChI=1S/C13H19N3O3/c1-10-4-6-13(9-17,7-5-10)15-12-3-2-11(8-14-12)16(18)19/h2-3,8,10,17H,4-7,9H2,1H3,(H,14,15). The minimum atomic E-state index is -0.471. The van der Waals surface area contributed by atoms with Crippen LogP contribution in [0.3, 0.4) is 0 Å². The van der Waals surface area contributed by atoms with Crippen molar-refractivity contribution in [2.45, 2.75) is 38.1 Å². The first-order chi connectivity index (χ1) is 9.04. The Morgan fingerprint density at radius 2 is 2.21 bits per heavy atom. The van der Waals surface area contributed by atoms with Gasteiger partial charge in [-0.1, -0.05) is 6.92 Å². The van der Waals surface area contributed by atoms with Crippen LogP contribution in [0.25, 0.3) is 0 Å². The summed E-state index contributed by atoms with van der Waals surface area (Å²) in [7, 11) is 0. The molecule has 0 aromatic carbocycles. The Morgan fingerprint density at radius 3 is 2.68 bits per heavy atom. The van der Waals surface area contributed by atoms with Gasteiger partial charge in [-0.2, -0.15) is 0 Å². The number of aliphatic hydroxyl groups is 1. The molecule has 1 aliphatic rings. The molecule has 0 atom stereocenters. The van der Waals surface area contributed by atoms with E-state index in [2.05, 4.69) is 17.2 Å². The average molecular weight is 265 g/mol. The van der Waals surface area contributed by atoms with Crippen molar-refractivity contribution in [2.24, 2.45) is 5.92 Å². The lowest BCUT2D eigenvalue weighted by Crippen LogP contribution is -2.45. The molecule has 1 aromatic heterocycles. The number of pyridine rings is 1. The maximum absolute atomic E-state index is 10.6. The third-order valence-corrected chi connectivity index (χ3v) is 3.89. The second-order valence-electron chi connectivity index (χ2n) is 5.40. The van der Waals surface area contributed by atoms with Crippen LogP contribution >= 0.6 is 0 Å². The normalized spacial score (nSPS) is 26.9. The number of nitrogens with zero attached hydrogens (tertiary/aromatic N) is 2. The third-order valence-electron chi connectivity index (χ3n) is 3.89. The Hall–Kier alpha value is -1.69. The molecule has 0 radical (unpaired) electrons. The number of nitro groups is 1. The maximum Gasteiger partial charge on any atom is 0.287 e. The van der Waals surface area contributed by atoms with Gasteiger partial charge < -0.3 is 10.4 Å². The van der Waals surface area contributed by atoms with Crippen molar-refractivity contribution in [2.75, 3.05) is 11.9 Å². The Labute approximate surface area is 112 Å². The van der Waals surface area contributed by atoms with Crippen LogP contribution in [-0.4, -0.2) is 27.2 Å². The number of aliphatic hydroxyl groups excluding tert-OH is 1. The van der Waals surface area contributed by atoms with E-state index in [4.69, 9.17) is 0 Å². The summed E-state index contributed by atoms with van der Waals surface area (Å²) in [5, 5.41) is 23.4. The summed E-state index contributed by atoms with van der Waals surface area (Å²) in [6.07, 6.45) is 5.16. The Morgan fingerprint density at radius 1 is 1.53 bits per heavy atom. The lowest BCUT2D eigenvalue weighted by atomic mass is 9.77. The highest BCUT2D eigenvalue weighted by molar-refractivity contribution is 5.42. The van der Waals surface area contributed by atoms with Gasteiger partial charge in [-0.3, -0.25) is 10.1 Å².